The van der Waals surface area contributed by atoms with E-state index >= 15 is 0 Å². The highest BCUT2D eigenvalue weighted by molar-refractivity contribution is 6.36. The molecule has 0 aliphatic rings. The molecule has 0 radical (unpaired) electrons. The van der Waals surface area contributed by atoms with Gasteiger partial charge in [-0.25, -0.2) is 10.2 Å². The minimum atomic E-state index is -0.680. The van der Waals surface area contributed by atoms with Crippen molar-refractivity contribution < 1.29 is 23.9 Å². The van der Waals surface area contributed by atoms with E-state index < -0.39 is 17.8 Å². The smallest absolute Gasteiger partial charge is 0.345 e. The average Bonchev–Trinajstić information content (AvgIpc) is 2.94. The molecule has 202 valence electrons. The van der Waals surface area contributed by atoms with E-state index in [1.807, 2.05) is 0 Å². The first-order valence-electron chi connectivity index (χ1n) is 11.6. The van der Waals surface area contributed by atoms with Crippen LogP contribution in [0.15, 0.2) is 90.0 Å². The monoisotopic (exact) mass is 595 g/mol. The summed E-state index contributed by atoms with van der Waals surface area (Å²) in [4.78, 5) is 38.1. The van der Waals surface area contributed by atoms with Crippen LogP contribution in [0.4, 0.5) is 5.69 Å². The van der Waals surface area contributed by atoms with Crippen molar-refractivity contribution in [3.63, 3.8) is 0 Å². The Hall–Kier alpha value is -4.37. The number of methoxy groups -OCH3 is 1. The number of hydrazone groups is 1. The lowest BCUT2D eigenvalue weighted by Gasteiger charge is -2.10. The maximum Gasteiger partial charge on any atom is 0.345 e. The molecular weight excluding hydrogens is 577 g/mol. The number of hydrogen-bond donors (Lipinski definition) is 2. The lowest BCUT2D eigenvalue weighted by Crippen LogP contribution is -2.18. The van der Waals surface area contributed by atoms with Crippen molar-refractivity contribution in [1.29, 1.82) is 0 Å². The highest BCUT2D eigenvalue weighted by atomic mass is 35.5. The normalized spacial score (nSPS) is 10.7. The van der Waals surface area contributed by atoms with E-state index in [1.54, 1.807) is 54.6 Å². The van der Waals surface area contributed by atoms with Crippen molar-refractivity contribution in [2.24, 2.45) is 5.10 Å². The summed E-state index contributed by atoms with van der Waals surface area (Å²) >= 11 is 18.0. The Morgan fingerprint density at radius 3 is 2.30 bits per heavy atom. The number of esters is 1. The quantitative estimate of drug-likeness (QED) is 0.0997. The second kappa shape index (κ2) is 13.1. The Bertz CT molecular complexity index is 1620. The number of benzene rings is 4. The van der Waals surface area contributed by atoms with E-state index in [4.69, 9.17) is 44.3 Å². The van der Waals surface area contributed by atoms with Gasteiger partial charge in [0.15, 0.2) is 0 Å². The number of ether oxygens (including phenoxy) is 2. The molecular formula is C29H20Cl3N3O5. The number of nitrogens with one attached hydrogen (secondary N) is 2. The summed E-state index contributed by atoms with van der Waals surface area (Å²) in [5.74, 6) is -1.11. The number of amides is 2. The van der Waals surface area contributed by atoms with E-state index in [2.05, 4.69) is 15.8 Å². The van der Waals surface area contributed by atoms with Gasteiger partial charge in [0.25, 0.3) is 11.8 Å². The van der Waals surface area contributed by atoms with Crippen LogP contribution >= 0.6 is 34.8 Å². The van der Waals surface area contributed by atoms with Gasteiger partial charge in [0, 0.05) is 26.9 Å². The molecule has 2 N–H and O–H groups in total. The molecule has 0 fully saturated rings. The molecule has 11 heteroatoms. The molecule has 0 atom stereocenters. The topological polar surface area (TPSA) is 106 Å². The zero-order valence-electron chi connectivity index (χ0n) is 20.8. The molecule has 4 aromatic rings. The number of carbonyl (C=O) groups excluding carboxylic acids is 3. The fourth-order valence-corrected chi connectivity index (χ4v) is 4.17. The maximum absolute atomic E-state index is 12.8. The van der Waals surface area contributed by atoms with Gasteiger partial charge in [-0.3, -0.25) is 9.59 Å². The molecule has 0 unspecified atom stereocenters. The van der Waals surface area contributed by atoms with Gasteiger partial charge in [0.05, 0.1) is 29.5 Å². The standard InChI is InChI=1S/C29H20Cl3N3O5/c1-39-26-12-10-19(30)14-23(26)28(37)34-21-7-4-6-17(13-21)27(36)35-33-16-18-5-2-3-8-25(18)40-29(38)22-11-9-20(31)15-24(22)32/h2-16H,1H3,(H,34,37)(H,35,36). The van der Waals surface area contributed by atoms with Crippen molar-refractivity contribution in [3.8, 4) is 11.5 Å². The van der Waals surface area contributed by atoms with Crippen LogP contribution in [-0.4, -0.2) is 31.1 Å². The van der Waals surface area contributed by atoms with Crippen LogP contribution in [-0.2, 0) is 0 Å². The lowest BCUT2D eigenvalue weighted by atomic mass is 10.1. The summed E-state index contributed by atoms with van der Waals surface area (Å²) in [6, 6.07) is 22.0. The minimum absolute atomic E-state index is 0.145. The third-order valence-electron chi connectivity index (χ3n) is 5.43. The number of hydrogen-bond acceptors (Lipinski definition) is 6. The van der Waals surface area contributed by atoms with Crippen molar-refractivity contribution in [2.45, 2.75) is 0 Å². The van der Waals surface area contributed by atoms with E-state index in [0.29, 0.717) is 27.0 Å². The molecule has 2 amide bonds. The predicted molar refractivity (Wildman–Crippen MR) is 155 cm³/mol. The molecule has 0 saturated heterocycles. The molecule has 0 aromatic heterocycles. The average molecular weight is 597 g/mol. The van der Waals surface area contributed by atoms with Crippen LogP contribution in [0.2, 0.25) is 15.1 Å². The number of para-hydroxylation sites is 1. The van der Waals surface area contributed by atoms with Crippen molar-refractivity contribution in [1.82, 2.24) is 5.43 Å². The molecule has 4 aromatic carbocycles. The summed E-state index contributed by atoms with van der Waals surface area (Å²) in [6.45, 7) is 0. The van der Waals surface area contributed by atoms with Crippen LogP contribution in [0.3, 0.4) is 0 Å². The Morgan fingerprint density at radius 1 is 0.775 bits per heavy atom. The van der Waals surface area contributed by atoms with E-state index in [-0.39, 0.29) is 27.5 Å². The lowest BCUT2D eigenvalue weighted by molar-refractivity contribution is 0.0734. The third-order valence-corrected chi connectivity index (χ3v) is 6.21. The van der Waals surface area contributed by atoms with E-state index in [0.717, 1.165) is 0 Å². The summed E-state index contributed by atoms with van der Waals surface area (Å²) in [6.07, 6.45) is 1.33. The van der Waals surface area contributed by atoms with Gasteiger partial charge in [0.2, 0.25) is 0 Å². The fourth-order valence-electron chi connectivity index (χ4n) is 3.51. The Labute approximate surface area is 244 Å². The van der Waals surface area contributed by atoms with Crippen molar-refractivity contribution in [3.05, 3.63) is 122 Å². The molecule has 40 heavy (non-hydrogen) atoms. The van der Waals surface area contributed by atoms with Crippen molar-refractivity contribution >= 4 is 64.5 Å². The van der Waals surface area contributed by atoms with Crippen LogP contribution in [0.5, 0.6) is 11.5 Å². The zero-order valence-corrected chi connectivity index (χ0v) is 23.1. The van der Waals surface area contributed by atoms with Crippen LogP contribution in [0.1, 0.15) is 36.6 Å². The highest BCUT2D eigenvalue weighted by Gasteiger charge is 2.16. The second-order valence-electron chi connectivity index (χ2n) is 8.13. The molecule has 0 heterocycles. The maximum atomic E-state index is 12.8. The van der Waals surface area contributed by atoms with Crippen molar-refractivity contribution in [2.75, 3.05) is 12.4 Å². The first-order chi connectivity index (χ1) is 19.2. The van der Waals surface area contributed by atoms with Gasteiger partial charge in [0.1, 0.15) is 11.5 Å². The number of nitrogens with zero attached hydrogens (tertiary/aromatic N) is 1. The van der Waals surface area contributed by atoms with Crippen LogP contribution < -0.4 is 20.2 Å². The van der Waals surface area contributed by atoms with Gasteiger partial charge in [-0.15, -0.1) is 0 Å². The Balaban J connectivity index is 1.42. The molecule has 0 saturated carbocycles. The molecule has 0 bridgehead atoms. The number of carbonyl (C=O) groups is 3. The first kappa shape index (κ1) is 28.6. The molecule has 0 spiro atoms. The van der Waals surface area contributed by atoms with E-state index in [9.17, 15) is 14.4 Å². The van der Waals surface area contributed by atoms with Gasteiger partial charge in [-0.1, -0.05) is 53.0 Å². The largest absolute Gasteiger partial charge is 0.496 e. The summed E-state index contributed by atoms with van der Waals surface area (Å²) in [7, 11) is 1.45. The highest BCUT2D eigenvalue weighted by Crippen LogP contribution is 2.25. The van der Waals surface area contributed by atoms with E-state index in [1.165, 1.54) is 43.7 Å². The molecule has 4 rings (SSSR count). The second-order valence-corrected chi connectivity index (χ2v) is 9.41. The summed E-state index contributed by atoms with van der Waals surface area (Å²) in [5.41, 5.74) is 3.85. The fraction of sp³-hybridized carbons (Fsp3) is 0.0345. The number of halogens is 3. The SMILES string of the molecule is COc1ccc(Cl)cc1C(=O)Nc1cccc(C(=O)NN=Cc2ccccc2OC(=O)c2ccc(Cl)cc2Cl)c1. The Kier molecular flexibility index (Phi) is 9.39. The summed E-state index contributed by atoms with van der Waals surface area (Å²) in [5, 5.41) is 7.62. The molecule has 0 aliphatic heterocycles. The van der Waals surface area contributed by atoms with Gasteiger partial charge >= 0.3 is 5.97 Å². The third kappa shape index (κ3) is 7.18. The van der Waals surface area contributed by atoms with Gasteiger partial charge in [-0.2, -0.15) is 5.10 Å². The van der Waals surface area contributed by atoms with Gasteiger partial charge in [-0.05, 0) is 66.7 Å². The summed E-state index contributed by atoms with van der Waals surface area (Å²) < 4.78 is 10.7. The Morgan fingerprint density at radius 2 is 1.52 bits per heavy atom. The van der Waals surface area contributed by atoms with Crippen LogP contribution in [0.25, 0.3) is 0 Å². The molecule has 0 aliphatic carbocycles. The number of rotatable bonds is 8. The zero-order chi connectivity index (χ0) is 28.6. The predicted octanol–water partition coefficient (Wildman–Crippen LogP) is 6.89. The van der Waals surface area contributed by atoms with Gasteiger partial charge < -0.3 is 14.8 Å². The molecule has 8 nitrogen and oxygen atoms in total. The van der Waals surface area contributed by atoms with Crippen LogP contribution in [0, 0.1) is 0 Å². The minimum Gasteiger partial charge on any atom is -0.496 e. The number of anilines is 1. The first-order valence-corrected chi connectivity index (χ1v) is 12.7.